The minimum absolute atomic E-state index is 0.0355. The van der Waals surface area contributed by atoms with E-state index in [4.69, 9.17) is 10.3 Å². The molecule has 0 bridgehead atoms. The molecule has 0 spiro atoms. The number of nitrogens with zero attached hydrogens (tertiary/aromatic N) is 2. The summed E-state index contributed by atoms with van der Waals surface area (Å²) in [6, 6.07) is 4.78. The number of aryl methyl sites for hydroxylation is 1. The highest BCUT2D eigenvalue weighted by molar-refractivity contribution is 5.72. The van der Waals surface area contributed by atoms with Gasteiger partial charge in [-0.15, -0.1) is 0 Å². The average Bonchev–Trinajstić information content (AvgIpc) is 2.65. The van der Waals surface area contributed by atoms with Crippen molar-refractivity contribution in [3.63, 3.8) is 0 Å². The van der Waals surface area contributed by atoms with Gasteiger partial charge in [0.05, 0.1) is 11.1 Å². The minimum atomic E-state index is -0.439. The lowest BCUT2D eigenvalue weighted by Gasteiger charge is -2.00. The second-order valence-corrected chi connectivity index (χ2v) is 3.37. The van der Waals surface area contributed by atoms with Gasteiger partial charge in [-0.3, -0.25) is 10.1 Å². The molecule has 2 rings (SSSR count). The Labute approximate surface area is 90.8 Å². The maximum atomic E-state index is 10.8. The molecule has 0 amide bonds. The van der Waals surface area contributed by atoms with E-state index in [2.05, 4.69) is 5.16 Å². The van der Waals surface area contributed by atoms with E-state index < -0.39 is 4.92 Å². The zero-order valence-corrected chi connectivity index (χ0v) is 8.51. The zero-order valence-electron chi connectivity index (χ0n) is 8.51. The summed E-state index contributed by atoms with van der Waals surface area (Å²) in [5, 5.41) is 14.3. The summed E-state index contributed by atoms with van der Waals surface area (Å²) < 4.78 is 4.93. The fourth-order valence-corrected chi connectivity index (χ4v) is 1.41. The monoisotopic (exact) mass is 219 g/mol. The van der Waals surface area contributed by atoms with Crippen LogP contribution in [-0.4, -0.2) is 10.1 Å². The number of nitrogen functional groups attached to an aromatic ring is 1. The lowest BCUT2D eigenvalue weighted by Crippen LogP contribution is -1.92. The first-order chi connectivity index (χ1) is 7.59. The van der Waals surface area contributed by atoms with Gasteiger partial charge in [0.15, 0.2) is 5.76 Å². The third kappa shape index (κ3) is 1.60. The molecule has 0 atom stereocenters. The van der Waals surface area contributed by atoms with E-state index in [9.17, 15) is 10.1 Å². The van der Waals surface area contributed by atoms with Crippen LogP contribution in [0.25, 0.3) is 11.3 Å². The van der Waals surface area contributed by atoms with Gasteiger partial charge in [0.1, 0.15) is 5.69 Å². The Morgan fingerprint density at radius 2 is 2.25 bits per heavy atom. The second-order valence-electron chi connectivity index (χ2n) is 3.37. The van der Waals surface area contributed by atoms with Crippen molar-refractivity contribution in [3.05, 3.63) is 40.1 Å². The number of hydrogen-bond donors (Lipinski definition) is 1. The Kier molecular flexibility index (Phi) is 2.32. The summed E-state index contributed by atoms with van der Waals surface area (Å²) in [6.45, 7) is 1.67. The molecule has 2 aromatic rings. The fourth-order valence-electron chi connectivity index (χ4n) is 1.41. The molecule has 0 unspecified atom stereocenters. The van der Waals surface area contributed by atoms with Crippen LogP contribution in [0, 0.1) is 17.0 Å². The number of nitro benzene ring substituents is 1. The van der Waals surface area contributed by atoms with E-state index >= 15 is 0 Å². The molecule has 6 heteroatoms. The highest BCUT2D eigenvalue weighted by Crippen LogP contribution is 2.29. The Morgan fingerprint density at radius 1 is 1.50 bits per heavy atom. The smallest absolute Gasteiger partial charge is 0.273 e. The van der Waals surface area contributed by atoms with Crippen LogP contribution >= 0.6 is 0 Å². The van der Waals surface area contributed by atoms with E-state index in [1.165, 1.54) is 12.3 Å². The molecule has 0 saturated heterocycles. The molecule has 0 fully saturated rings. The van der Waals surface area contributed by atoms with Crippen LogP contribution in [0.4, 0.5) is 11.4 Å². The summed E-state index contributed by atoms with van der Waals surface area (Å²) in [7, 11) is 0. The number of rotatable bonds is 2. The van der Waals surface area contributed by atoms with Crippen molar-refractivity contribution in [2.45, 2.75) is 6.92 Å². The minimum Gasteiger partial charge on any atom is -0.394 e. The Hall–Kier alpha value is -2.37. The summed E-state index contributed by atoms with van der Waals surface area (Å²) in [5.41, 5.74) is 7.14. The van der Waals surface area contributed by atoms with Gasteiger partial charge < -0.3 is 10.3 Å². The Morgan fingerprint density at radius 3 is 2.81 bits per heavy atom. The first-order valence-electron chi connectivity index (χ1n) is 4.55. The molecule has 82 valence electrons. The van der Waals surface area contributed by atoms with E-state index in [1.54, 1.807) is 19.1 Å². The average molecular weight is 219 g/mol. The van der Waals surface area contributed by atoms with Gasteiger partial charge in [0, 0.05) is 17.2 Å². The van der Waals surface area contributed by atoms with Gasteiger partial charge in [-0.05, 0) is 6.92 Å². The fraction of sp³-hybridized carbons (Fsp3) is 0.100. The molecule has 0 aliphatic heterocycles. The van der Waals surface area contributed by atoms with Gasteiger partial charge >= 0.3 is 0 Å². The molecule has 1 aromatic heterocycles. The van der Waals surface area contributed by atoms with Gasteiger partial charge in [0.2, 0.25) is 0 Å². The standard InChI is InChI=1S/C10H9N3O3/c1-6-2-3-7(4-9(6)13(14)15)10-8(11)5-12-16-10/h2-5H,11H2,1H3. The molecule has 0 aliphatic rings. The van der Waals surface area contributed by atoms with Crippen LogP contribution in [0.2, 0.25) is 0 Å². The first-order valence-corrected chi connectivity index (χ1v) is 4.55. The molecule has 6 nitrogen and oxygen atoms in total. The molecule has 0 saturated carbocycles. The molecule has 2 N–H and O–H groups in total. The zero-order chi connectivity index (χ0) is 11.7. The predicted octanol–water partition coefficient (Wildman–Crippen LogP) is 2.14. The summed E-state index contributed by atoms with van der Waals surface area (Å²) in [5.74, 6) is 0.350. The van der Waals surface area contributed by atoms with Crippen LogP contribution in [0.15, 0.2) is 28.9 Å². The largest absolute Gasteiger partial charge is 0.394 e. The number of nitro groups is 1. The molecular formula is C10H9N3O3. The number of anilines is 1. The Bertz CT molecular complexity index is 548. The number of aromatic nitrogens is 1. The molecule has 0 aliphatic carbocycles. The van der Waals surface area contributed by atoms with E-state index in [0.717, 1.165) is 0 Å². The summed E-state index contributed by atoms with van der Waals surface area (Å²) >= 11 is 0. The van der Waals surface area contributed by atoms with Crippen molar-refractivity contribution in [1.29, 1.82) is 0 Å². The molecule has 1 heterocycles. The highest BCUT2D eigenvalue weighted by atomic mass is 16.6. The van der Waals surface area contributed by atoms with Crippen molar-refractivity contribution < 1.29 is 9.45 Å². The number of nitrogens with two attached hydrogens (primary N) is 1. The van der Waals surface area contributed by atoms with Gasteiger partial charge in [-0.25, -0.2) is 0 Å². The third-order valence-electron chi connectivity index (χ3n) is 2.27. The van der Waals surface area contributed by atoms with E-state index in [-0.39, 0.29) is 5.69 Å². The molecule has 16 heavy (non-hydrogen) atoms. The van der Waals surface area contributed by atoms with Crippen molar-refractivity contribution in [2.75, 3.05) is 5.73 Å². The topological polar surface area (TPSA) is 95.2 Å². The SMILES string of the molecule is Cc1ccc(-c2oncc2N)cc1[N+](=O)[O-]. The number of hydrogen-bond acceptors (Lipinski definition) is 5. The van der Waals surface area contributed by atoms with Crippen molar-refractivity contribution in [3.8, 4) is 11.3 Å². The van der Waals surface area contributed by atoms with Crippen LogP contribution < -0.4 is 5.73 Å². The van der Waals surface area contributed by atoms with Crippen molar-refractivity contribution in [2.24, 2.45) is 0 Å². The maximum Gasteiger partial charge on any atom is 0.273 e. The normalized spacial score (nSPS) is 10.3. The maximum absolute atomic E-state index is 10.8. The van der Waals surface area contributed by atoms with E-state index in [1.807, 2.05) is 0 Å². The second kappa shape index (κ2) is 3.65. The van der Waals surface area contributed by atoms with Crippen LogP contribution in [0.3, 0.4) is 0 Å². The van der Waals surface area contributed by atoms with Gasteiger partial charge in [0.25, 0.3) is 5.69 Å². The quantitative estimate of drug-likeness (QED) is 0.616. The molecule has 0 radical (unpaired) electrons. The van der Waals surface area contributed by atoms with Crippen LogP contribution in [0.5, 0.6) is 0 Å². The van der Waals surface area contributed by atoms with E-state index in [0.29, 0.717) is 22.6 Å². The van der Waals surface area contributed by atoms with Gasteiger partial charge in [-0.2, -0.15) is 0 Å². The van der Waals surface area contributed by atoms with Crippen molar-refractivity contribution >= 4 is 11.4 Å². The summed E-state index contributed by atoms with van der Waals surface area (Å²) in [6.07, 6.45) is 1.36. The summed E-state index contributed by atoms with van der Waals surface area (Å²) in [4.78, 5) is 10.3. The van der Waals surface area contributed by atoms with Crippen molar-refractivity contribution in [1.82, 2.24) is 5.16 Å². The lowest BCUT2D eigenvalue weighted by atomic mass is 10.1. The molecule has 1 aromatic carbocycles. The number of benzene rings is 1. The Balaban J connectivity index is 2.56. The lowest BCUT2D eigenvalue weighted by molar-refractivity contribution is -0.385. The molecular weight excluding hydrogens is 210 g/mol. The van der Waals surface area contributed by atoms with Crippen LogP contribution in [0.1, 0.15) is 5.56 Å². The third-order valence-corrected chi connectivity index (χ3v) is 2.27. The first kappa shape index (κ1) is 10.2. The highest BCUT2D eigenvalue weighted by Gasteiger charge is 2.15. The predicted molar refractivity (Wildman–Crippen MR) is 57.7 cm³/mol. The van der Waals surface area contributed by atoms with Gasteiger partial charge in [-0.1, -0.05) is 17.3 Å². The van der Waals surface area contributed by atoms with Crippen LogP contribution in [-0.2, 0) is 0 Å².